The summed E-state index contributed by atoms with van der Waals surface area (Å²) in [5.41, 5.74) is 2.66. The minimum absolute atomic E-state index is 0.00547. The summed E-state index contributed by atoms with van der Waals surface area (Å²) in [6.45, 7) is 4.95. The smallest absolute Gasteiger partial charge is 0.270 e. The maximum Gasteiger partial charge on any atom is 0.270 e. The first-order valence-corrected chi connectivity index (χ1v) is 8.34. The van der Waals surface area contributed by atoms with E-state index in [-0.39, 0.29) is 17.7 Å². The van der Waals surface area contributed by atoms with Gasteiger partial charge in [-0.1, -0.05) is 36.4 Å². The highest BCUT2D eigenvalue weighted by atomic mass is 16.6. The Morgan fingerprint density at radius 3 is 2.54 bits per heavy atom. The van der Waals surface area contributed by atoms with E-state index >= 15 is 0 Å². The number of carbonyl (C=O) groups is 1. The quantitative estimate of drug-likeness (QED) is 0.443. The molecule has 0 saturated carbocycles. The van der Waals surface area contributed by atoms with Crippen molar-refractivity contribution >= 4 is 17.7 Å². The summed E-state index contributed by atoms with van der Waals surface area (Å²) in [6, 6.07) is 14.0. The molecule has 0 aromatic heterocycles. The van der Waals surface area contributed by atoms with E-state index in [0.717, 1.165) is 11.1 Å². The van der Waals surface area contributed by atoms with E-state index < -0.39 is 4.92 Å². The highest BCUT2D eigenvalue weighted by Gasteiger charge is 2.04. The first-order chi connectivity index (χ1) is 12.4. The molecule has 2 aromatic rings. The molecule has 0 heterocycles. The summed E-state index contributed by atoms with van der Waals surface area (Å²) in [6.07, 6.45) is 3.10. The second kappa shape index (κ2) is 9.48. The molecule has 2 rings (SSSR count). The van der Waals surface area contributed by atoms with Crippen molar-refractivity contribution < 1.29 is 14.5 Å². The van der Waals surface area contributed by atoms with Crippen LogP contribution in [0.2, 0.25) is 0 Å². The molecule has 0 bridgehead atoms. The third-order valence-corrected chi connectivity index (χ3v) is 3.58. The first kappa shape index (κ1) is 19.3. The van der Waals surface area contributed by atoms with E-state index in [1.165, 1.54) is 18.2 Å². The summed E-state index contributed by atoms with van der Waals surface area (Å²) in [5.74, 6) is -0.260. The van der Waals surface area contributed by atoms with Crippen molar-refractivity contribution in [1.29, 1.82) is 0 Å². The number of non-ortho nitro benzene ring substituents is 1. The van der Waals surface area contributed by atoms with Crippen molar-refractivity contribution in [2.75, 3.05) is 0 Å². The van der Waals surface area contributed by atoms with E-state index in [1.807, 2.05) is 38.1 Å². The van der Waals surface area contributed by atoms with E-state index in [1.54, 1.807) is 18.2 Å². The summed E-state index contributed by atoms with van der Waals surface area (Å²) in [5, 5.41) is 13.5. The van der Waals surface area contributed by atoms with E-state index in [4.69, 9.17) is 4.74 Å². The average Bonchev–Trinajstić information content (AvgIpc) is 2.64. The van der Waals surface area contributed by atoms with Gasteiger partial charge in [0.15, 0.2) is 0 Å². The molecule has 0 radical (unpaired) electrons. The van der Waals surface area contributed by atoms with Gasteiger partial charge in [0, 0.05) is 24.8 Å². The van der Waals surface area contributed by atoms with Crippen LogP contribution in [-0.4, -0.2) is 16.9 Å². The lowest BCUT2D eigenvalue weighted by atomic mass is 10.1. The minimum atomic E-state index is -0.465. The molecular weight excluding hydrogens is 332 g/mol. The van der Waals surface area contributed by atoms with E-state index in [0.29, 0.717) is 18.7 Å². The zero-order valence-electron chi connectivity index (χ0n) is 14.8. The molecule has 136 valence electrons. The van der Waals surface area contributed by atoms with Crippen LogP contribution in [-0.2, 0) is 22.7 Å². The summed E-state index contributed by atoms with van der Waals surface area (Å²) in [4.78, 5) is 22.2. The fourth-order valence-corrected chi connectivity index (χ4v) is 2.18. The normalized spacial score (nSPS) is 11.0. The molecule has 0 aliphatic carbocycles. The summed E-state index contributed by atoms with van der Waals surface area (Å²) >= 11 is 0. The number of hydrogen-bond donors (Lipinski definition) is 1. The van der Waals surface area contributed by atoms with Crippen LogP contribution in [0.15, 0.2) is 54.6 Å². The van der Waals surface area contributed by atoms with Gasteiger partial charge in [-0.15, -0.1) is 0 Å². The Morgan fingerprint density at radius 2 is 1.88 bits per heavy atom. The first-order valence-electron chi connectivity index (χ1n) is 8.34. The van der Waals surface area contributed by atoms with Crippen LogP contribution in [0, 0.1) is 10.1 Å². The van der Waals surface area contributed by atoms with Gasteiger partial charge in [0.1, 0.15) is 0 Å². The molecule has 0 atom stereocenters. The zero-order chi connectivity index (χ0) is 18.9. The lowest BCUT2D eigenvalue weighted by Crippen LogP contribution is -2.20. The van der Waals surface area contributed by atoms with Gasteiger partial charge in [0.05, 0.1) is 17.6 Å². The number of carbonyl (C=O) groups excluding carboxylic acids is 1. The second-order valence-corrected chi connectivity index (χ2v) is 6.08. The van der Waals surface area contributed by atoms with Gasteiger partial charge in [-0.05, 0) is 36.6 Å². The molecule has 0 aliphatic rings. The van der Waals surface area contributed by atoms with Gasteiger partial charge in [-0.25, -0.2) is 0 Å². The van der Waals surface area contributed by atoms with Crippen molar-refractivity contribution in [2.24, 2.45) is 0 Å². The highest BCUT2D eigenvalue weighted by Crippen LogP contribution is 2.14. The molecule has 0 unspecified atom stereocenters. The van der Waals surface area contributed by atoms with E-state index in [9.17, 15) is 14.9 Å². The number of amides is 1. The van der Waals surface area contributed by atoms with Gasteiger partial charge in [-0.3, -0.25) is 14.9 Å². The highest BCUT2D eigenvalue weighted by molar-refractivity contribution is 5.91. The van der Waals surface area contributed by atoms with Crippen molar-refractivity contribution in [1.82, 2.24) is 5.32 Å². The van der Waals surface area contributed by atoms with Gasteiger partial charge in [0.2, 0.25) is 5.91 Å². The average molecular weight is 354 g/mol. The predicted octanol–water partition coefficient (Wildman–Crippen LogP) is 3.85. The lowest BCUT2D eigenvalue weighted by Gasteiger charge is -2.08. The Balaban J connectivity index is 1.84. The largest absolute Gasteiger partial charge is 0.374 e. The number of rotatable bonds is 8. The minimum Gasteiger partial charge on any atom is -0.374 e. The number of nitro benzene ring substituents is 1. The fraction of sp³-hybridized carbons (Fsp3) is 0.250. The molecule has 1 amide bonds. The number of benzene rings is 2. The third-order valence-electron chi connectivity index (χ3n) is 3.58. The van der Waals surface area contributed by atoms with Gasteiger partial charge in [0.25, 0.3) is 5.69 Å². The van der Waals surface area contributed by atoms with Crippen LogP contribution in [0.3, 0.4) is 0 Å². The number of nitro groups is 1. The molecule has 6 nitrogen and oxygen atoms in total. The Kier molecular flexibility index (Phi) is 7.05. The standard InChI is InChI=1S/C20H22N2O4/c1-15(2)26-14-18-8-6-17(7-9-18)13-21-20(23)11-10-16-4-3-5-19(12-16)22(24)25/h3-12,15H,13-14H2,1-2H3,(H,21,23)/b11-10+. The molecule has 2 aromatic carbocycles. The predicted molar refractivity (Wildman–Crippen MR) is 100 cm³/mol. The molecular formula is C20H22N2O4. The van der Waals surface area contributed by atoms with Crippen LogP contribution >= 0.6 is 0 Å². The van der Waals surface area contributed by atoms with E-state index in [2.05, 4.69) is 5.32 Å². The van der Waals surface area contributed by atoms with Gasteiger partial charge < -0.3 is 10.1 Å². The van der Waals surface area contributed by atoms with Gasteiger partial charge >= 0.3 is 0 Å². The lowest BCUT2D eigenvalue weighted by molar-refractivity contribution is -0.384. The fourth-order valence-electron chi connectivity index (χ4n) is 2.18. The Morgan fingerprint density at radius 1 is 1.19 bits per heavy atom. The van der Waals surface area contributed by atoms with Crippen molar-refractivity contribution in [2.45, 2.75) is 33.1 Å². The molecule has 0 aliphatic heterocycles. The zero-order valence-corrected chi connectivity index (χ0v) is 14.8. The Bertz CT molecular complexity index is 783. The van der Waals surface area contributed by atoms with Gasteiger partial charge in [-0.2, -0.15) is 0 Å². The maximum atomic E-state index is 11.9. The van der Waals surface area contributed by atoms with Crippen LogP contribution in [0.5, 0.6) is 0 Å². The van der Waals surface area contributed by atoms with Crippen molar-refractivity contribution in [3.05, 3.63) is 81.4 Å². The number of nitrogens with zero attached hydrogens (tertiary/aromatic N) is 1. The second-order valence-electron chi connectivity index (χ2n) is 6.08. The summed E-state index contributed by atoms with van der Waals surface area (Å²) in [7, 11) is 0. The molecule has 0 spiro atoms. The summed E-state index contributed by atoms with van der Waals surface area (Å²) < 4.78 is 5.54. The topological polar surface area (TPSA) is 81.5 Å². The Hall–Kier alpha value is -2.99. The number of ether oxygens (including phenoxy) is 1. The molecule has 6 heteroatoms. The third kappa shape index (κ3) is 6.49. The van der Waals surface area contributed by atoms with Crippen LogP contribution in [0.25, 0.3) is 6.08 Å². The monoisotopic (exact) mass is 354 g/mol. The maximum absolute atomic E-state index is 11.9. The van der Waals surface area contributed by atoms with Crippen LogP contribution < -0.4 is 5.32 Å². The van der Waals surface area contributed by atoms with Crippen LogP contribution in [0.1, 0.15) is 30.5 Å². The molecule has 0 saturated heterocycles. The van der Waals surface area contributed by atoms with Crippen LogP contribution in [0.4, 0.5) is 5.69 Å². The Labute approximate surface area is 152 Å². The molecule has 0 fully saturated rings. The number of hydrogen-bond acceptors (Lipinski definition) is 4. The SMILES string of the molecule is CC(C)OCc1ccc(CNC(=O)/C=C/c2cccc([N+](=O)[O-])c2)cc1. The van der Waals surface area contributed by atoms with Crippen molar-refractivity contribution in [3.8, 4) is 0 Å². The van der Waals surface area contributed by atoms with Crippen molar-refractivity contribution in [3.63, 3.8) is 0 Å². The molecule has 26 heavy (non-hydrogen) atoms. The molecule has 1 N–H and O–H groups in total. The number of nitrogens with one attached hydrogen (secondary N) is 1.